The number of unbranched alkanes of at least 4 members (excludes halogenated alkanes) is 1. The molecule has 0 saturated heterocycles. The zero-order chi connectivity index (χ0) is 33.6. The maximum absolute atomic E-state index is 10.1. The molecule has 0 amide bonds. The number of phenols is 1. The van der Waals surface area contributed by atoms with E-state index in [4.69, 9.17) is 9.47 Å². The lowest BCUT2D eigenvalue weighted by Crippen LogP contribution is -2.20. The fraction of sp³-hybridized carbons (Fsp3) is 0.279. The zero-order valence-corrected chi connectivity index (χ0v) is 28.4. The van der Waals surface area contributed by atoms with Crippen LogP contribution >= 0.6 is 0 Å². The molecule has 6 aromatic rings. The van der Waals surface area contributed by atoms with Crippen molar-refractivity contribution in [3.8, 4) is 17.2 Å². The van der Waals surface area contributed by atoms with Crippen LogP contribution < -0.4 is 14.8 Å². The van der Waals surface area contributed by atoms with Gasteiger partial charge in [-0.3, -0.25) is 4.68 Å². The van der Waals surface area contributed by atoms with Crippen molar-refractivity contribution in [2.75, 3.05) is 13.2 Å². The number of aryl methyl sites for hydroxylation is 3. The number of aromatic hydroxyl groups is 1. The fourth-order valence-electron chi connectivity index (χ4n) is 7.25. The van der Waals surface area contributed by atoms with Gasteiger partial charge in [0.2, 0.25) is 0 Å². The molecule has 1 aromatic heterocycles. The van der Waals surface area contributed by atoms with Crippen molar-refractivity contribution in [2.24, 2.45) is 7.05 Å². The van der Waals surface area contributed by atoms with E-state index in [-0.39, 0.29) is 5.92 Å². The van der Waals surface area contributed by atoms with Crippen LogP contribution in [0.4, 0.5) is 0 Å². The van der Waals surface area contributed by atoms with Gasteiger partial charge in [0.25, 0.3) is 0 Å². The summed E-state index contributed by atoms with van der Waals surface area (Å²) in [6, 6.07) is 40.2. The summed E-state index contributed by atoms with van der Waals surface area (Å²) in [6.07, 6.45) is 4.07. The van der Waals surface area contributed by atoms with Gasteiger partial charge in [-0.1, -0.05) is 72.8 Å². The SMILES string of the molecule is Cc1nn(C)c2cc(OCc3ccc(CNCCCCOc4ccc([C@H]5c6ccc(O)cc6CC[C@H]5c5ccccc5)cc4)cc3)ccc12. The third-order valence-corrected chi connectivity index (χ3v) is 9.84. The van der Waals surface area contributed by atoms with Crippen LogP contribution in [-0.4, -0.2) is 28.0 Å². The summed E-state index contributed by atoms with van der Waals surface area (Å²) in [5.41, 5.74) is 9.75. The molecule has 0 radical (unpaired) electrons. The Morgan fingerprint density at radius 1 is 0.796 bits per heavy atom. The van der Waals surface area contributed by atoms with E-state index in [9.17, 15) is 5.11 Å². The van der Waals surface area contributed by atoms with E-state index in [1.54, 1.807) is 0 Å². The molecule has 1 aliphatic carbocycles. The first-order chi connectivity index (χ1) is 24.0. The number of hydrogen-bond donors (Lipinski definition) is 2. The van der Waals surface area contributed by atoms with Crippen LogP contribution in [0, 0.1) is 6.92 Å². The molecule has 250 valence electrons. The lowest BCUT2D eigenvalue weighted by molar-refractivity contribution is 0.305. The van der Waals surface area contributed by atoms with Gasteiger partial charge >= 0.3 is 0 Å². The first kappa shape index (κ1) is 32.5. The maximum Gasteiger partial charge on any atom is 0.121 e. The molecule has 49 heavy (non-hydrogen) atoms. The van der Waals surface area contributed by atoms with Crippen LogP contribution in [0.5, 0.6) is 17.2 Å². The topological polar surface area (TPSA) is 68.5 Å². The number of aromatic nitrogens is 2. The van der Waals surface area contributed by atoms with Gasteiger partial charge in [-0.2, -0.15) is 5.10 Å². The number of fused-ring (bicyclic) bond motifs is 2. The average molecular weight is 652 g/mol. The van der Waals surface area contributed by atoms with Crippen molar-refractivity contribution >= 4 is 10.9 Å². The van der Waals surface area contributed by atoms with Crippen LogP contribution in [0.2, 0.25) is 0 Å². The number of phenolic OH excluding ortho intramolecular Hbond substituents is 1. The molecule has 0 unspecified atom stereocenters. The number of rotatable bonds is 13. The van der Waals surface area contributed by atoms with Crippen molar-refractivity contribution in [3.63, 3.8) is 0 Å². The normalized spacial score (nSPS) is 15.6. The number of benzene rings is 5. The Hall–Kier alpha value is -5.07. The Morgan fingerprint density at radius 2 is 1.57 bits per heavy atom. The largest absolute Gasteiger partial charge is 0.508 e. The van der Waals surface area contributed by atoms with E-state index in [0.717, 1.165) is 72.4 Å². The monoisotopic (exact) mass is 651 g/mol. The Morgan fingerprint density at radius 3 is 2.39 bits per heavy atom. The van der Waals surface area contributed by atoms with Gasteiger partial charge in [-0.15, -0.1) is 0 Å². The van der Waals surface area contributed by atoms with Gasteiger partial charge in [0.05, 0.1) is 17.8 Å². The predicted octanol–water partition coefficient (Wildman–Crippen LogP) is 8.98. The first-order valence-corrected chi connectivity index (χ1v) is 17.5. The predicted molar refractivity (Wildman–Crippen MR) is 197 cm³/mol. The second-order valence-electron chi connectivity index (χ2n) is 13.2. The number of hydrogen-bond acceptors (Lipinski definition) is 5. The molecular formula is C43H45N3O3. The molecule has 0 fully saturated rings. The minimum Gasteiger partial charge on any atom is -0.508 e. The number of ether oxygens (including phenoxy) is 2. The van der Waals surface area contributed by atoms with E-state index in [1.807, 2.05) is 36.9 Å². The molecule has 2 N–H and O–H groups in total. The number of nitrogens with zero attached hydrogens (tertiary/aromatic N) is 2. The first-order valence-electron chi connectivity index (χ1n) is 17.5. The quantitative estimate of drug-likeness (QED) is 0.122. The molecule has 6 nitrogen and oxygen atoms in total. The van der Waals surface area contributed by atoms with Gasteiger partial charge < -0.3 is 19.9 Å². The number of nitrogens with one attached hydrogen (secondary N) is 1. The third-order valence-electron chi connectivity index (χ3n) is 9.84. The average Bonchev–Trinajstić information content (AvgIpc) is 3.42. The molecule has 0 aliphatic heterocycles. The summed E-state index contributed by atoms with van der Waals surface area (Å²) in [7, 11) is 1.96. The standard InChI is InChI=1S/C43H45N3O3/c1-30-39-23-20-38(27-42(39)46(2)45-30)49-29-32-12-10-31(11-13-32)28-44-24-6-7-25-48-37-18-14-34(15-19-37)43-40(33-8-4-3-5-9-33)21-16-35-26-36(47)17-22-41(35)43/h3-5,8-15,17-20,22-23,26-27,40,43-44,47H,6-7,16,21,24-25,28-29H2,1-2H3/t40-,43+/m0/s1. The van der Waals surface area contributed by atoms with Crippen molar-refractivity contribution in [3.05, 3.63) is 154 Å². The molecule has 5 aromatic carbocycles. The van der Waals surface area contributed by atoms with Crippen molar-refractivity contribution < 1.29 is 14.6 Å². The molecule has 1 heterocycles. The Labute approximate surface area is 289 Å². The summed E-state index contributed by atoms with van der Waals surface area (Å²) < 4.78 is 14.1. The molecule has 0 spiro atoms. The van der Waals surface area contributed by atoms with Gasteiger partial charge in [0.15, 0.2) is 0 Å². The molecule has 0 bridgehead atoms. The van der Waals surface area contributed by atoms with Crippen LogP contribution in [0.15, 0.2) is 115 Å². The molecule has 2 atom stereocenters. The summed E-state index contributed by atoms with van der Waals surface area (Å²) in [4.78, 5) is 0. The van der Waals surface area contributed by atoms with E-state index in [1.165, 1.54) is 27.8 Å². The van der Waals surface area contributed by atoms with Crippen molar-refractivity contribution in [1.29, 1.82) is 0 Å². The highest BCUT2D eigenvalue weighted by atomic mass is 16.5. The highest BCUT2D eigenvalue weighted by molar-refractivity contribution is 5.83. The summed E-state index contributed by atoms with van der Waals surface area (Å²) >= 11 is 0. The van der Waals surface area contributed by atoms with Crippen LogP contribution in [0.3, 0.4) is 0 Å². The molecule has 0 saturated carbocycles. The van der Waals surface area contributed by atoms with Crippen LogP contribution in [0.25, 0.3) is 10.9 Å². The molecule has 6 heteroatoms. The Bertz CT molecular complexity index is 1980. The van der Waals surface area contributed by atoms with E-state index >= 15 is 0 Å². The van der Waals surface area contributed by atoms with Gasteiger partial charge in [-0.25, -0.2) is 0 Å². The summed E-state index contributed by atoms with van der Waals surface area (Å²) in [6.45, 7) is 5.05. The summed E-state index contributed by atoms with van der Waals surface area (Å²) in [5.74, 6) is 2.75. The molecule has 7 rings (SSSR count). The van der Waals surface area contributed by atoms with E-state index in [2.05, 4.69) is 107 Å². The summed E-state index contributed by atoms with van der Waals surface area (Å²) in [5, 5.41) is 19.3. The zero-order valence-electron chi connectivity index (χ0n) is 28.4. The second kappa shape index (κ2) is 15.0. The lowest BCUT2D eigenvalue weighted by Gasteiger charge is -2.34. The second-order valence-corrected chi connectivity index (χ2v) is 13.2. The van der Waals surface area contributed by atoms with Crippen molar-refractivity contribution in [1.82, 2.24) is 15.1 Å². The van der Waals surface area contributed by atoms with Gasteiger partial charge in [-0.05, 0) is 115 Å². The fourth-order valence-corrected chi connectivity index (χ4v) is 7.25. The highest BCUT2D eigenvalue weighted by Crippen LogP contribution is 2.47. The van der Waals surface area contributed by atoms with Crippen LogP contribution in [0.1, 0.15) is 70.2 Å². The minimum atomic E-state index is 0.245. The maximum atomic E-state index is 10.1. The lowest BCUT2D eigenvalue weighted by atomic mass is 9.69. The third kappa shape index (κ3) is 7.65. The highest BCUT2D eigenvalue weighted by Gasteiger charge is 2.32. The minimum absolute atomic E-state index is 0.245. The Kier molecular flexibility index (Phi) is 9.94. The molecular weight excluding hydrogens is 606 g/mol. The van der Waals surface area contributed by atoms with Gasteiger partial charge in [0.1, 0.15) is 23.9 Å². The van der Waals surface area contributed by atoms with Gasteiger partial charge in [0, 0.05) is 31.0 Å². The van der Waals surface area contributed by atoms with Crippen LogP contribution in [-0.2, 0) is 26.6 Å². The van der Waals surface area contributed by atoms with E-state index in [0.29, 0.717) is 24.9 Å². The molecule has 1 aliphatic rings. The Balaban J connectivity index is 0.842. The smallest absolute Gasteiger partial charge is 0.121 e. The van der Waals surface area contributed by atoms with E-state index < -0.39 is 0 Å². The van der Waals surface area contributed by atoms with Crippen molar-refractivity contribution in [2.45, 2.75) is 57.6 Å².